The summed E-state index contributed by atoms with van der Waals surface area (Å²) in [6.07, 6.45) is -0.953. The van der Waals surface area contributed by atoms with Crippen LogP contribution in [0.5, 0.6) is 0 Å². The molecule has 7 heteroatoms. The molecule has 2 amide bonds. The Labute approximate surface area is 160 Å². The Morgan fingerprint density at radius 1 is 1.00 bits per heavy atom. The molecule has 0 aliphatic carbocycles. The fourth-order valence-corrected chi connectivity index (χ4v) is 2.47. The van der Waals surface area contributed by atoms with Gasteiger partial charge in [0.2, 0.25) is 5.91 Å². The second-order valence-corrected chi connectivity index (χ2v) is 7.07. The van der Waals surface area contributed by atoms with Gasteiger partial charge in [0, 0.05) is 0 Å². The number of alkyl carbamates (subject to hydrolysis) is 1. The molecular weight excluding hydrogens is 348 g/mol. The molecule has 1 aromatic carbocycles. The summed E-state index contributed by atoms with van der Waals surface area (Å²) in [7, 11) is 1.30. The fourth-order valence-electron chi connectivity index (χ4n) is 2.47. The topological polar surface area (TPSA) is 93.7 Å². The second kappa shape index (κ2) is 10.5. The highest BCUT2D eigenvalue weighted by Gasteiger charge is 2.28. The first kappa shape index (κ1) is 22.5. The molecule has 7 nitrogen and oxygen atoms in total. The molecule has 150 valence electrons. The van der Waals surface area contributed by atoms with Gasteiger partial charge >= 0.3 is 12.1 Å². The van der Waals surface area contributed by atoms with E-state index in [0.717, 1.165) is 11.1 Å². The number of esters is 1. The number of amides is 2. The summed E-state index contributed by atoms with van der Waals surface area (Å²) in [6.45, 7) is 9.06. The molecule has 0 saturated heterocycles. The van der Waals surface area contributed by atoms with Crippen molar-refractivity contribution in [3.05, 3.63) is 35.4 Å². The van der Waals surface area contributed by atoms with Crippen molar-refractivity contribution in [3.63, 3.8) is 0 Å². The van der Waals surface area contributed by atoms with E-state index in [2.05, 4.69) is 10.6 Å². The lowest BCUT2D eigenvalue weighted by Gasteiger charge is -2.25. The first-order valence-electron chi connectivity index (χ1n) is 9.05. The monoisotopic (exact) mass is 378 g/mol. The van der Waals surface area contributed by atoms with E-state index in [1.54, 1.807) is 13.8 Å². The summed E-state index contributed by atoms with van der Waals surface area (Å²) in [5.41, 5.74) is 1.85. The summed E-state index contributed by atoms with van der Waals surface area (Å²) in [5, 5.41) is 5.44. The highest BCUT2D eigenvalue weighted by atomic mass is 16.6. The number of rotatable bonds is 8. The zero-order valence-corrected chi connectivity index (χ0v) is 16.9. The molecule has 0 aliphatic rings. The summed E-state index contributed by atoms with van der Waals surface area (Å²) < 4.78 is 9.81. The van der Waals surface area contributed by atoms with E-state index in [1.165, 1.54) is 7.11 Å². The number of carbonyl (C=O) groups excluding carboxylic acids is 3. The molecule has 2 atom stereocenters. The maximum Gasteiger partial charge on any atom is 0.408 e. The van der Waals surface area contributed by atoms with Gasteiger partial charge in [-0.15, -0.1) is 0 Å². The predicted molar refractivity (Wildman–Crippen MR) is 102 cm³/mol. The SMILES string of the molecule is COC(=O)CC(NC(=O)[C@@H](NC(=O)OC(C)C)C(C)C)c1ccc(C)cc1. The number of ether oxygens (including phenoxy) is 2. The van der Waals surface area contributed by atoms with Crippen molar-refractivity contribution in [3.8, 4) is 0 Å². The van der Waals surface area contributed by atoms with Crippen molar-refractivity contribution in [2.45, 2.75) is 59.2 Å². The third kappa shape index (κ3) is 7.68. The van der Waals surface area contributed by atoms with Crippen LogP contribution in [-0.2, 0) is 19.1 Å². The minimum Gasteiger partial charge on any atom is -0.469 e. The molecule has 1 aromatic rings. The van der Waals surface area contributed by atoms with Crippen LogP contribution >= 0.6 is 0 Å². The van der Waals surface area contributed by atoms with Crippen LogP contribution in [0.15, 0.2) is 24.3 Å². The number of methoxy groups -OCH3 is 1. The Hall–Kier alpha value is -2.57. The van der Waals surface area contributed by atoms with Crippen LogP contribution in [0.1, 0.15) is 51.3 Å². The minimum absolute atomic E-state index is 0.00738. The summed E-state index contributed by atoms with van der Waals surface area (Å²) >= 11 is 0. The number of nitrogens with one attached hydrogen (secondary N) is 2. The van der Waals surface area contributed by atoms with Gasteiger partial charge < -0.3 is 20.1 Å². The van der Waals surface area contributed by atoms with Gasteiger partial charge in [-0.2, -0.15) is 0 Å². The first-order valence-corrected chi connectivity index (χ1v) is 9.05. The average Bonchev–Trinajstić information content (AvgIpc) is 2.58. The first-order chi connectivity index (χ1) is 12.6. The van der Waals surface area contributed by atoms with Crippen LogP contribution in [0.4, 0.5) is 4.79 Å². The van der Waals surface area contributed by atoms with E-state index in [1.807, 2.05) is 45.0 Å². The molecule has 0 fully saturated rings. The molecule has 2 N–H and O–H groups in total. The van der Waals surface area contributed by atoms with E-state index >= 15 is 0 Å². The third-order valence-corrected chi connectivity index (χ3v) is 3.96. The Morgan fingerprint density at radius 3 is 2.07 bits per heavy atom. The zero-order valence-electron chi connectivity index (χ0n) is 16.9. The van der Waals surface area contributed by atoms with Crippen LogP contribution in [0, 0.1) is 12.8 Å². The van der Waals surface area contributed by atoms with Crippen molar-refractivity contribution in [1.29, 1.82) is 0 Å². The van der Waals surface area contributed by atoms with Crippen LogP contribution in [-0.4, -0.2) is 37.2 Å². The molecule has 0 saturated carbocycles. The van der Waals surface area contributed by atoms with Gasteiger partial charge in [-0.1, -0.05) is 43.7 Å². The van der Waals surface area contributed by atoms with Crippen molar-refractivity contribution in [2.24, 2.45) is 5.92 Å². The minimum atomic E-state index is -0.790. The molecule has 1 rings (SSSR count). The molecule has 0 spiro atoms. The van der Waals surface area contributed by atoms with E-state index in [9.17, 15) is 14.4 Å². The van der Waals surface area contributed by atoms with Crippen molar-refractivity contribution in [1.82, 2.24) is 10.6 Å². The molecule has 0 bridgehead atoms. The highest BCUT2D eigenvalue weighted by molar-refractivity contribution is 5.86. The molecular formula is C20H30N2O5. The van der Waals surface area contributed by atoms with Gasteiger partial charge in [0.15, 0.2) is 0 Å². The number of hydrogen-bond donors (Lipinski definition) is 2. The second-order valence-electron chi connectivity index (χ2n) is 7.07. The number of carbonyl (C=O) groups is 3. The Bertz CT molecular complexity index is 640. The van der Waals surface area contributed by atoms with E-state index in [-0.39, 0.29) is 24.3 Å². The smallest absolute Gasteiger partial charge is 0.408 e. The van der Waals surface area contributed by atoms with Crippen LogP contribution in [0.2, 0.25) is 0 Å². The zero-order chi connectivity index (χ0) is 20.6. The summed E-state index contributed by atoms with van der Waals surface area (Å²) in [5.74, 6) is -0.990. The fraction of sp³-hybridized carbons (Fsp3) is 0.550. The highest BCUT2D eigenvalue weighted by Crippen LogP contribution is 2.19. The third-order valence-electron chi connectivity index (χ3n) is 3.96. The Morgan fingerprint density at radius 2 is 1.59 bits per heavy atom. The standard InChI is InChI=1S/C20H30N2O5/c1-12(2)18(22-20(25)27-13(3)4)19(24)21-16(11-17(23)26-6)15-9-7-14(5)8-10-15/h7-10,12-13,16,18H,11H2,1-6H3,(H,21,24)(H,22,25)/t16?,18-/m0/s1. The van der Waals surface area contributed by atoms with E-state index in [4.69, 9.17) is 9.47 Å². The number of hydrogen-bond acceptors (Lipinski definition) is 5. The Kier molecular flexibility index (Phi) is 8.78. The molecule has 0 heterocycles. The summed E-state index contributed by atoms with van der Waals surface area (Å²) in [6, 6.07) is 6.17. The molecule has 0 aromatic heterocycles. The normalized spacial score (nSPS) is 13.0. The van der Waals surface area contributed by atoms with Crippen molar-refractivity contribution >= 4 is 18.0 Å². The maximum absolute atomic E-state index is 12.8. The molecule has 1 unspecified atom stereocenters. The lowest BCUT2D eigenvalue weighted by Crippen LogP contribution is -2.51. The van der Waals surface area contributed by atoms with Gasteiger partial charge in [0.1, 0.15) is 6.04 Å². The van der Waals surface area contributed by atoms with Crippen LogP contribution < -0.4 is 10.6 Å². The number of benzene rings is 1. The van der Waals surface area contributed by atoms with Crippen molar-refractivity contribution < 1.29 is 23.9 Å². The average molecular weight is 378 g/mol. The largest absolute Gasteiger partial charge is 0.469 e. The Balaban J connectivity index is 2.95. The molecule has 0 radical (unpaired) electrons. The number of aryl methyl sites for hydroxylation is 1. The van der Waals surface area contributed by atoms with Crippen molar-refractivity contribution in [2.75, 3.05) is 7.11 Å². The predicted octanol–water partition coefficient (Wildman–Crippen LogP) is 2.87. The lowest BCUT2D eigenvalue weighted by atomic mass is 9.99. The van der Waals surface area contributed by atoms with Gasteiger partial charge in [0.05, 0.1) is 25.7 Å². The molecule has 0 aliphatic heterocycles. The van der Waals surface area contributed by atoms with Gasteiger partial charge in [-0.25, -0.2) is 4.79 Å². The summed E-state index contributed by atoms with van der Waals surface area (Å²) in [4.78, 5) is 36.5. The molecule has 27 heavy (non-hydrogen) atoms. The maximum atomic E-state index is 12.8. The van der Waals surface area contributed by atoms with Gasteiger partial charge in [0.25, 0.3) is 0 Å². The van der Waals surface area contributed by atoms with Crippen LogP contribution in [0.25, 0.3) is 0 Å². The van der Waals surface area contributed by atoms with E-state index in [0.29, 0.717) is 0 Å². The van der Waals surface area contributed by atoms with Gasteiger partial charge in [-0.05, 0) is 32.3 Å². The van der Waals surface area contributed by atoms with Gasteiger partial charge in [-0.3, -0.25) is 9.59 Å². The lowest BCUT2D eigenvalue weighted by molar-refractivity contribution is -0.141. The quantitative estimate of drug-likeness (QED) is 0.679. The van der Waals surface area contributed by atoms with E-state index < -0.39 is 24.1 Å². The van der Waals surface area contributed by atoms with Crippen LogP contribution in [0.3, 0.4) is 0 Å².